The summed E-state index contributed by atoms with van der Waals surface area (Å²) >= 11 is 1.57. The summed E-state index contributed by atoms with van der Waals surface area (Å²) in [6, 6.07) is 3.79. The van der Waals surface area contributed by atoms with Gasteiger partial charge in [0.25, 0.3) is 0 Å². The molecule has 0 bridgehead atoms. The van der Waals surface area contributed by atoms with Crippen molar-refractivity contribution in [3.05, 3.63) is 17.1 Å². The van der Waals surface area contributed by atoms with E-state index in [4.69, 9.17) is 15.2 Å². The van der Waals surface area contributed by atoms with E-state index in [-0.39, 0.29) is 0 Å². The molecule has 2 N–H and O–H groups in total. The Bertz CT molecular complexity index is 440. The maximum Gasteiger partial charge on any atom is 0.162 e. The van der Waals surface area contributed by atoms with Crippen LogP contribution in [0.15, 0.2) is 12.1 Å². The molecular weight excluding hydrogens is 212 g/mol. The fourth-order valence-corrected chi connectivity index (χ4v) is 2.25. The van der Waals surface area contributed by atoms with Gasteiger partial charge in [-0.3, -0.25) is 0 Å². The van der Waals surface area contributed by atoms with Crippen LogP contribution in [0.2, 0.25) is 0 Å². The first-order chi connectivity index (χ1) is 7.28. The zero-order valence-electron chi connectivity index (χ0n) is 8.61. The van der Waals surface area contributed by atoms with Crippen molar-refractivity contribution in [2.45, 2.75) is 6.54 Å². The van der Waals surface area contributed by atoms with Gasteiger partial charge in [0.1, 0.15) is 5.01 Å². The summed E-state index contributed by atoms with van der Waals surface area (Å²) in [6.45, 7) is 0.462. The topological polar surface area (TPSA) is 57.4 Å². The Morgan fingerprint density at radius 2 is 1.93 bits per heavy atom. The second-order valence-corrected chi connectivity index (χ2v) is 4.10. The van der Waals surface area contributed by atoms with Crippen LogP contribution in [0.1, 0.15) is 5.01 Å². The van der Waals surface area contributed by atoms with Gasteiger partial charge in [-0.15, -0.1) is 11.3 Å². The lowest BCUT2D eigenvalue weighted by atomic mass is 10.3. The Morgan fingerprint density at radius 1 is 1.27 bits per heavy atom. The minimum atomic E-state index is 0.462. The van der Waals surface area contributed by atoms with Gasteiger partial charge in [-0.05, 0) is 0 Å². The number of aromatic nitrogens is 1. The molecule has 5 heteroatoms. The van der Waals surface area contributed by atoms with Crippen molar-refractivity contribution in [3.8, 4) is 11.5 Å². The SMILES string of the molecule is COc1cc2nc(CN)sc2cc1OC. The molecule has 1 heterocycles. The minimum Gasteiger partial charge on any atom is -0.493 e. The first-order valence-electron chi connectivity index (χ1n) is 4.50. The van der Waals surface area contributed by atoms with Gasteiger partial charge in [-0.1, -0.05) is 0 Å². The van der Waals surface area contributed by atoms with Crippen LogP contribution in [0.5, 0.6) is 11.5 Å². The zero-order chi connectivity index (χ0) is 10.8. The fourth-order valence-electron chi connectivity index (χ4n) is 1.39. The van der Waals surface area contributed by atoms with Crippen molar-refractivity contribution >= 4 is 21.6 Å². The highest BCUT2D eigenvalue weighted by Crippen LogP contribution is 2.34. The number of nitrogens with two attached hydrogens (primary N) is 1. The van der Waals surface area contributed by atoms with Gasteiger partial charge in [-0.2, -0.15) is 0 Å². The van der Waals surface area contributed by atoms with Crippen LogP contribution in [0.4, 0.5) is 0 Å². The smallest absolute Gasteiger partial charge is 0.162 e. The van der Waals surface area contributed by atoms with Gasteiger partial charge < -0.3 is 15.2 Å². The van der Waals surface area contributed by atoms with E-state index in [2.05, 4.69) is 4.98 Å². The zero-order valence-corrected chi connectivity index (χ0v) is 9.43. The molecule has 1 aromatic carbocycles. The van der Waals surface area contributed by atoms with Crippen molar-refractivity contribution in [1.82, 2.24) is 4.98 Å². The van der Waals surface area contributed by atoms with Gasteiger partial charge in [0.2, 0.25) is 0 Å². The molecule has 0 saturated carbocycles. The summed E-state index contributed by atoms with van der Waals surface area (Å²) in [7, 11) is 3.23. The van der Waals surface area contributed by atoms with Gasteiger partial charge >= 0.3 is 0 Å². The average molecular weight is 224 g/mol. The summed E-state index contributed by atoms with van der Waals surface area (Å²) in [5.41, 5.74) is 6.44. The summed E-state index contributed by atoms with van der Waals surface area (Å²) in [5, 5.41) is 0.917. The first-order valence-corrected chi connectivity index (χ1v) is 5.31. The molecule has 80 valence electrons. The third-order valence-electron chi connectivity index (χ3n) is 2.11. The van der Waals surface area contributed by atoms with E-state index in [1.54, 1.807) is 25.6 Å². The normalized spacial score (nSPS) is 10.6. The van der Waals surface area contributed by atoms with E-state index < -0.39 is 0 Å². The third kappa shape index (κ3) is 1.75. The molecule has 2 aromatic rings. The van der Waals surface area contributed by atoms with Crippen LogP contribution in [0.3, 0.4) is 0 Å². The molecule has 0 unspecified atom stereocenters. The number of hydrogen-bond acceptors (Lipinski definition) is 5. The van der Waals surface area contributed by atoms with Crippen LogP contribution in [-0.4, -0.2) is 19.2 Å². The third-order valence-corrected chi connectivity index (χ3v) is 3.15. The summed E-state index contributed by atoms with van der Waals surface area (Å²) < 4.78 is 11.5. The lowest BCUT2D eigenvalue weighted by molar-refractivity contribution is 0.356. The predicted octanol–water partition coefficient (Wildman–Crippen LogP) is 1.77. The number of nitrogens with zero attached hydrogens (tertiary/aromatic N) is 1. The lowest BCUT2D eigenvalue weighted by Gasteiger charge is -2.05. The molecule has 0 aliphatic heterocycles. The molecule has 0 aliphatic rings. The maximum atomic E-state index is 5.54. The molecular formula is C10H12N2O2S. The molecule has 1 aromatic heterocycles. The Labute approximate surface area is 91.6 Å². The molecule has 0 fully saturated rings. The van der Waals surface area contributed by atoms with Crippen molar-refractivity contribution in [1.29, 1.82) is 0 Å². The minimum absolute atomic E-state index is 0.462. The molecule has 0 spiro atoms. The molecule has 2 rings (SSSR count). The summed E-state index contributed by atoms with van der Waals surface area (Å²) in [6.07, 6.45) is 0. The Balaban J connectivity index is 2.61. The van der Waals surface area contributed by atoms with Crippen LogP contribution in [-0.2, 0) is 6.54 Å². The maximum absolute atomic E-state index is 5.54. The molecule has 0 saturated heterocycles. The van der Waals surface area contributed by atoms with Crippen LogP contribution < -0.4 is 15.2 Å². The van der Waals surface area contributed by atoms with E-state index in [0.717, 1.165) is 21.0 Å². The largest absolute Gasteiger partial charge is 0.493 e. The van der Waals surface area contributed by atoms with Crippen molar-refractivity contribution in [2.75, 3.05) is 14.2 Å². The number of benzene rings is 1. The van der Waals surface area contributed by atoms with Gasteiger partial charge in [0.15, 0.2) is 11.5 Å². The van der Waals surface area contributed by atoms with E-state index in [1.165, 1.54) is 0 Å². The molecule has 0 aliphatic carbocycles. The molecule has 0 radical (unpaired) electrons. The number of methoxy groups -OCH3 is 2. The number of rotatable bonds is 3. The number of thiazole rings is 1. The second-order valence-electron chi connectivity index (χ2n) is 2.99. The fraction of sp³-hybridized carbons (Fsp3) is 0.300. The van der Waals surface area contributed by atoms with Crippen molar-refractivity contribution in [2.24, 2.45) is 5.73 Å². The molecule has 0 amide bonds. The molecule has 15 heavy (non-hydrogen) atoms. The lowest BCUT2D eigenvalue weighted by Crippen LogP contribution is -1.93. The van der Waals surface area contributed by atoms with E-state index in [0.29, 0.717) is 12.3 Å². The first kappa shape index (κ1) is 10.2. The highest BCUT2D eigenvalue weighted by molar-refractivity contribution is 7.18. The summed E-state index contributed by atoms with van der Waals surface area (Å²) in [4.78, 5) is 4.37. The van der Waals surface area contributed by atoms with Crippen molar-refractivity contribution < 1.29 is 9.47 Å². The van der Waals surface area contributed by atoms with E-state index in [1.807, 2.05) is 12.1 Å². The monoisotopic (exact) mass is 224 g/mol. The van der Waals surface area contributed by atoms with Gasteiger partial charge in [-0.25, -0.2) is 4.98 Å². The number of ether oxygens (including phenoxy) is 2. The van der Waals surface area contributed by atoms with Crippen LogP contribution >= 0.6 is 11.3 Å². The van der Waals surface area contributed by atoms with Gasteiger partial charge in [0.05, 0.1) is 24.4 Å². The quantitative estimate of drug-likeness (QED) is 0.863. The average Bonchev–Trinajstić information content (AvgIpc) is 2.68. The molecule has 0 atom stereocenters. The Kier molecular flexibility index (Phi) is 2.75. The van der Waals surface area contributed by atoms with Crippen LogP contribution in [0.25, 0.3) is 10.2 Å². The second kappa shape index (κ2) is 4.04. The Morgan fingerprint density at radius 3 is 2.53 bits per heavy atom. The highest BCUT2D eigenvalue weighted by Gasteiger charge is 2.09. The highest BCUT2D eigenvalue weighted by atomic mass is 32.1. The predicted molar refractivity (Wildman–Crippen MR) is 60.6 cm³/mol. The number of hydrogen-bond donors (Lipinski definition) is 1. The Hall–Kier alpha value is -1.33. The van der Waals surface area contributed by atoms with Gasteiger partial charge in [0, 0.05) is 18.7 Å². The standard InChI is InChI=1S/C10H12N2O2S/c1-13-7-3-6-9(4-8(7)14-2)15-10(5-11)12-6/h3-4H,5,11H2,1-2H3. The van der Waals surface area contributed by atoms with E-state index >= 15 is 0 Å². The number of fused-ring (bicyclic) bond motifs is 1. The van der Waals surface area contributed by atoms with E-state index in [9.17, 15) is 0 Å². The van der Waals surface area contributed by atoms with Crippen molar-refractivity contribution in [3.63, 3.8) is 0 Å². The van der Waals surface area contributed by atoms with Crippen LogP contribution in [0, 0.1) is 0 Å². The summed E-state index contributed by atoms with van der Waals surface area (Å²) in [5.74, 6) is 1.41. The molecule has 4 nitrogen and oxygen atoms in total.